The van der Waals surface area contributed by atoms with Gasteiger partial charge in [0.05, 0.1) is 0 Å². The van der Waals surface area contributed by atoms with Crippen LogP contribution >= 0.6 is 0 Å². The molecule has 0 aliphatic carbocycles. The van der Waals surface area contributed by atoms with Gasteiger partial charge < -0.3 is 4.52 Å². The second kappa shape index (κ2) is 2.96. The smallest absolute Gasteiger partial charge is 0.152 e. The SMILES string of the molecule is CC(=O)/C=C/c1ccon1. The van der Waals surface area contributed by atoms with Crippen LogP contribution in [0.25, 0.3) is 6.08 Å². The summed E-state index contributed by atoms with van der Waals surface area (Å²) in [4.78, 5) is 10.4. The molecule has 1 heterocycles. The first-order valence-electron chi connectivity index (χ1n) is 2.88. The number of carbonyl (C=O) groups is 1. The van der Waals surface area contributed by atoms with Gasteiger partial charge in [-0.25, -0.2) is 0 Å². The van der Waals surface area contributed by atoms with Crippen LogP contribution in [-0.4, -0.2) is 10.9 Å². The molecule has 0 N–H and O–H groups in total. The van der Waals surface area contributed by atoms with Gasteiger partial charge in [-0.15, -0.1) is 0 Å². The first-order valence-corrected chi connectivity index (χ1v) is 2.88. The van der Waals surface area contributed by atoms with E-state index >= 15 is 0 Å². The lowest BCUT2D eigenvalue weighted by Gasteiger charge is -1.76. The lowest BCUT2D eigenvalue weighted by Crippen LogP contribution is -1.79. The summed E-state index contributed by atoms with van der Waals surface area (Å²) in [6.07, 6.45) is 4.50. The first-order chi connectivity index (χ1) is 4.79. The van der Waals surface area contributed by atoms with Gasteiger partial charge in [-0.2, -0.15) is 0 Å². The Morgan fingerprint density at radius 3 is 3.10 bits per heavy atom. The Hall–Kier alpha value is -1.38. The third-order valence-corrected chi connectivity index (χ3v) is 0.947. The Balaban J connectivity index is 2.64. The molecule has 1 rings (SSSR count). The lowest BCUT2D eigenvalue weighted by atomic mass is 10.3. The number of hydrogen-bond acceptors (Lipinski definition) is 3. The first kappa shape index (κ1) is 6.74. The largest absolute Gasteiger partial charge is 0.364 e. The summed E-state index contributed by atoms with van der Waals surface area (Å²) in [5, 5.41) is 3.57. The van der Waals surface area contributed by atoms with Gasteiger partial charge in [-0.1, -0.05) is 5.16 Å². The number of allylic oxidation sites excluding steroid dienone is 1. The van der Waals surface area contributed by atoms with E-state index in [1.807, 2.05) is 0 Å². The van der Waals surface area contributed by atoms with E-state index in [2.05, 4.69) is 9.68 Å². The Bertz CT molecular complexity index is 236. The molecule has 0 amide bonds. The molecule has 0 bridgehead atoms. The molecule has 0 fully saturated rings. The summed E-state index contributed by atoms with van der Waals surface area (Å²) in [6.45, 7) is 1.48. The van der Waals surface area contributed by atoms with Crippen LogP contribution in [0.3, 0.4) is 0 Å². The molecule has 0 aliphatic rings. The summed E-state index contributed by atoms with van der Waals surface area (Å²) in [6, 6.07) is 1.68. The summed E-state index contributed by atoms with van der Waals surface area (Å²) < 4.78 is 4.53. The van der Waals surface area contributed by atoms with Crippen LogP contribution < -0.4 is 0 Å². The Morgan fingerprint density at radius 1 is 1.80 bits per heavy atom. The lowest BCUT2D eigenvalue weighted by molar-refractivity contribution is -0.112. The standard InChI is InChI=1S/C7H7NO2/c1-6(9)2-3-7-4-5-10-8-7/h2-5H,1H3/b3-2+. The average molecular weight is 137 g/mol. The van der Waals surface area contributed by atoms with E-state index in [9.17, 15) is 4.79 Å². The minimum atomic E-state index is 0.00278. The van der Waals surface area contributed by atoms with Crippen molar-refractivity contribution in [2.45, 2.75) is 6.92 Å². The molecule has 0 aromatic carbocycles. The predicted molar refractivity (Wildman–Crippen MR) is 36.2 cm³/mol. The monoisotopic (exact) mass is 137 g/mol. The van der Waals surface area contributed by atoms with Crippen LogP contribution in [0.5, 0.6) is 0 Å². The van der Waals surface area contributed by atoms with Gasteiger partial charge in [0.15, 0.2) is 5.78 Å². The molecule has 0 aliphatic heterocycles. The number of rotatable bonds is 2. The summed E-state index contributed by atoms with van der Waals surface area (Å²) >= 11 is 0. The molecule has 3 nitrogen and oxygen atoms in total. The Kier molecular flexibility index (Phi) is 1.99. The molecule has 0 saturated carbocycles. The van der Waals surface area contributed by atoms with Crippen LogP contribution in [0.1, 0.15) is 12.6 Å². The number of nitrogens with zero attached hydrogens (tertiary/aromatic N) is 1. The van der Waals surface area contributed by atoms with Crippen LogP contribution in [0.4, 0.5) is 0 Å². The fraction of sp³-hybridized carbons (Fsp3) is 0.143. The zero-order valence-electron chi connectivity index (χ0n) is 5.57. The molecule has 0 spiro atoms. The van der Waals surface area contributed by atoms with E-state index in [1.54, 1.807) is 12.1 Å². The van der Waals surface area contributed by atoms with E-state index in [-0.39, 0.29) is 5.78 Å². The molecule has 0 unspecified atom stereocenters. The second-order valence-electron chi connectivity index (χ2n) is 1.87. The minimum Gasteiger partial charge on any atom is -0.364 e. The van der Waals surface area contributed by atoms with Crippen molar-refractivity contribution in [2.75, 3.05) is 0 Å². The fourth-order valence-electron chi connectivity index (χ4n) is 0.511. The highest BCUT2D eigenvalue weighted by Crippen LogP contribution is 1.96. The highest BCUT2D eigenvalue weighted by molar-refractivity contribution is 5.91. The minimum absolute atomic E-state index is 0.00278. The molecular weight excluding hydrogens is 130 g/mol. The third kappa shape index (κ3) is 1.85. The Morgan fingerprint density at radius 2 is 2.60 bits per heavy atom. The maximum absolute atomic E-state index is 10.4. The van der Waals surface area contributed by atoms with Crippen LogP contribution in [-0.2, 0) is 4.79 Å². The summed E-state index contributed by atoms with van der Waals surface area (Å²) in [5.74, 6) is 0.00278. The highest BCUT2D eigenvalue weighted by Gasteiger charge is 1.88. The van der Waals surface area contributed by atoms with E-state index in [0.717, 1.165) is 0 Å². The van der Waals surface area contributed by atoms with E-state index in [4.69, 9.17) is 0 Å². The van der Waals surface area contributed by atoms with Gasteiger partial charge in [-0.05, 0) is 19.1 Å². The van der Waals surface area contributed by atoms with Gasteiger partial charge in [0.25, 0.3) is 0 Å². The normalized spacial score (nSPS) is 10.5. The zero-order chi connectivity index (χ0) is 7.40. The molecule has 1 aromatic rings. The number of aromatic nitrogens is 1. The average Bonchev–Trinajstić information content (AvgIpc) is 2.34. The van der Waals surface area contributed by atoms with Crippen molar-refractivity contribution in [2.24, 2.45) is 0 Å². The molecule has 0 saturated heterocycles. The molecule has 0 atom stereocenters. The van der Waals surface area contributed by atoms with Gasteiger partial charge in [-0.3, -0.25) is 4.79 Å². The summed E-state index contributed by atoms with van der Waals surface area (Å²) in [5.41, 5.74) is 0.662. The van der Waals surface area contributed by atoms with Crippen LogP contribution in [0.2, 0.25) is 0 Å². The zero-order valence-corrected chi connectivity index (χ0v) is 5.57. The van der Waals surface area contributed by atoms with Crippen molar-refractivity contribution in [1.82, 2.24) is 5.16 Å². The van der Waals surface area contributed by atoms with Crippen molar-refractivity contribution in [3.05, 3.63) is 24.1 Å². The van der Waals surface area contributed by atoms with Crippen molar-refractivity contribution in [1.29, 1.82) is 0 Å². The molecule has 1 aromatic heterocycles. The van der Waals surface area contributed by atoms with Crippen molar-refractivity contribution in [3.8, 4) is 0 Å². The quantitative estimate of drug-likeness (QED) is 0.576. The van der Waals surface area contributed by atoms with E-state index < -0.39 is 0 Å². The van der Waals surface area contributed by atoms with Crippen molar-refractivity contribution < 1.29 is 9.32 Å². The molecule has 0 radical (unpaired) electrons. The maximum atomic E-state index is 10.4. The van der Waals surface area contributed by atoms with Gasteiger partial charge in [0.2, 0.25) is 0 Å². The molecular formula is C7H7NO2. The molecule has 10 heavy (non-hydrogen) atoms. The fourth-order valence-corrected chi connectivity index (χ4v) is 0.511. The maximum Gasteiger partial charge on any atom is 0.152 e. The van der Waals surface area contributed by atoms with Crippen molar-refractivity contribution in [3.63, 3.8) is 0 Å². The number of ketones is 1. The van der Waals surface area contributed by atoms with Gasteiger partial charge in [0, 0.05) is 6.07 Å². The topological polar surface area (TPSA) is 43.1 Å². The molecule has 3 heteroatoms. The highest BCUT2D eigenvalue weighted by atomic mass is 16.5. The van der Waals surface area contributed by atoms with E-state index in [1.165, 1.54) is 19.3 Å². The number of carbonyl (C=O) groups excluding carboxylic acids is 1. The third-order valence-electron chi connectivity index (χ3n) is 0.947. The van der Waals surface area contributed by atoms with Crippen LogP contribution in [0.15, 0.2) is 22.9 Å². The Labute approximate surface area is 58.3 Å². The second-order valence-corrected chi connectivity index (χ2v) is 1.87. The number of hydrogen-bond donors (Lipinski definition) is 0. The predicted octanol–water partition coefficient (Wildman–Crippen LogP) is 1.28. The van der Waals surface area contributed by atoms with E-state index in [0.29, 0.717) is 5.69 Å². The van der Waals surface area contributed by atoms with Crippen molar-refractivity contribution >= 4 is 11.9 Å². The summed E-state index contributed by atoms with van der Waals surface area (Å²) in [7, 11) is 0. The van der Waals surface area contributed by atoms with Gasteiger partial charge in [0.1, 0.15) is 12.0 Å². The van der Waals surface area contributed by atoms with Crippen LogP contribution in [0, 0.1) is 0 Å². The molecule has 52 valence electrons. The van der Waals surface area contributed by atoms with Gasteiger partial charge >= 0.3 is 0 Å².